The van der Waals surface area contributed by atoms with Gasteiger partial charge in [0.05, 0.1) is 13.2 Å². The number of methoxy groups -OCH3 is 1. The summed E-state index contributed by atoms with van der Waals surface area (Å²) < 4.78 is 18.3. The van der Waals surface area contributed by atoms with Gasteiger partial charge in [-0.1, -0.05) is 6.07 Å². The fourth-order valence-electron chi connectivity index (χ4n) is 3.12. The number of carbonyl (C=O) groups is 1. The van der Waals surface area contributed by atoms with E-state index in [0.29, 0.717) is 5.69 Å². The fraction of sp³-hybridized carbons (Fsp3) is 0.350. The smallest absolute Gasteiger partial charge is 0.241 e. The summed E-state index contributed by atoms with van der Waals surface area (Å²) in [5.41, 5.74) is 1.74. The minimum atomic E-state index is -0.315. The first-order valence-electron chi connectivity index (χ1n) is 8.76. The lowest BCUT2D eigenvalue weighted by molar-refractivity contribution is -0.120. The molecule has 1 N–H and O–H groups in total. The Labute approximate surface area is 153 Å². The number of nitrogens with zero attached hydrogens (tertiary/aromatic N) is 2. The molecule has 0 unspecified atom stereocenters. The molecule has 0 spiro atoms. The topological polar surface area (TPSA) is 44.8 Å². The van der Waals surface area contributed by atoms with Crippen molar-refractivity contribution >= 4 is 17.3 Å². The molecule has 5 nitrogen and oxygen atoms in total. The molecule has 0 bridgehead atoms. The van der Waals surface area contributed by atoms with Gasteiger partial charge in [-0.3, -0.25) is 9.69 Å². The molecule has 0 aliphatic carbocycles. The normalized spacial score (nSPS) is 16.2. The molecule has 1 aliphatic heterocycles. The van der Waals surface area contributed by atoms with Gasteiger partial charge in [0.1, 0.15) is 11.6 Å². The molecule has 0 saturated carbocycles. The van der Waals surface area contributed by atoms with Crippen LogP contribution in [-0.2, 0) is 4.79 Å². The van der Waals surface area contributed by atoms with Crippen LogP contribution in [0.1, 0.15) is 6.92 Å². The molecule has 1 aliphatic rings. The lowest BCUT2D eigenvalue weighted by Crippen LogP contribution is -2.52. The first-order valence-corrected chi connectivity index (χ1v) is 8.76. The Kier molecular flexibility index (Phi) is 5.73. The van der Waals surface area contributed by atoms with Gasteiger partial charge < -0.3 is 15.0 Å². The zero-order valence-electron chi connectivity index (χ0n) is 15.1. The molecule has 6 heteroatoms. The van der Waals surface area contributed by atoms with Crippen molar-refractivity contribution < 1.29 is 13.9 Å². The quantitative estimate of drug-likeness (QED) is 0.894. The van der Waals surface area contributed by atoms with Crippen molar-refractivity contribution in [2.24, 2.45) is 0 Å². The van der Waals surface area contributed by atoms with Gasteiger partial charge in [-0.15, -0.1) is 0 Å². The standard InChI is InChI=1S/C20H24FN3O2/c1-15(20(25)22-17-8-6-16(21)7-9-17)23-10-12-24(13-11-23)18-4-3-5-19(14-18)26-2/h3-9,14-15H,10-13H2,1-2H3,(H,22,25)/t15-/m1/s1. The number of piperazine rings is 1. The summed E-state index contributed by atoms with van der Waals surface area (Å²) in [4.78, 5) is 16.9. The molecule has 1 atom stereocenters. The molecule has 2 aromatic rings. The Morgan fingerprint density at radius 1 is 1.12 bits per heavy atom. The highest BCUT2D eigenvalue weighted by Crippen LogP contribution is 2.22. The van der Waals surface area contributed by atoms with Crippen LogP contribution in [-0.4, -0.2) is 50.1 Å². The van der Waals surface area contributed by atoms with Gasteiger partial charge in [0.2, 0.25) is 5.91 Å². The molecule has 2 aromatic carbocycles. The molecule has 26 heavy (non-hydrogen) atoms. The number of anilines is 2. The molecule has 1 amide bonds. The van der Waals surface area contributed by atoms with E-state index in [0.717, 1.165) is 37.6 Å². The molecule has 0 aromatic heterocycles. The van der Waals surface area contributed by atoms with Crippen LogP contribution in [0.25, 0.3) is 0 Å². The zero-order valence-corrected chi connectivity index (χ0v) is 15.1. The maximum absolute atomic E-state index is 13.0. The van der Waals surface area contributed by atoms with Crippen LogP contribution >= 0.6 is 0 Å². The maximum atomic E-state index is 13.0. The van der Waals surface area contributed by atoms with Crippen LogP contribution in [0.2, 0.25) is 0 Å². The van der Waals surface area contributed by atoms with E-state index in [2.05, 4.69) is 21.2 Å². The maximum Gasteiger partial charge on any atom is 0.241 e. The fourth-order valence-corrected chi connectivity index (χ4v) is 3.12. The second-order valence-electron chi connectivity index (χ2n) is 6.40. The van der Waals surface area contributed by atoms with E-state index >= 15 is 0 Å². The highest BCUT2D eigenvalue weighted by molar-refractivity contribution is 5.94. The molecule has 1 heterocycles. The predicted octanol–water partition coefficient (Wildman–Crippen LogP) is 2.98. The number of hydrogen-bond acceptors (Lipinski definition) is 4. The summed E-state index contributed by atoms with van der Waals surface area (Å²) in [5.74, 6) is 0.452. The van der Waals surface area contributed by atoms with Gasteiger partial charge in [0.15, 0.2) is 0 Å². The largest absolute Gasteiger partial charge is 0.497 e. The van der Waals surface area contributed by atoms with Crippen molar-refractivity contribution in [3.8, 4) is 5.75 Å². The molecule has 0 radical (unpaired) electrons. The van der Waals surface area contributed by atoms with E-state index in [4.69, 9.17) is 4.74 Å². The monoisotopic (exact) mass is 357 g/mol. The van der Waals surface area contributed by atoms with E-state index in [1.165, 1.54) is 12.1 Å². The van der Waals surface area contributed by atoms with Crippen LogP contribution in [0.3, 0.4) is 0 Å². The molecular weight excluding hydrogens is 333 g/mol. The van der Waals surface area contributed by atoms with Crippen LogP contribution < -0.4 is 15.0 Å². The average molecular weight is 357 g/mol. The Balaban J connectivity index is 1.55. The summed E-state index contributed by atoms with van der Waals surface area (Å²) in [7, 11) is 1.67. The molecule has 1 fully saturated rings. The van der Waals surface area contributed by atoms with Crippen molar-refractivity contribution in [2.45, 2.75) is 13.0 Å². The van der Waals surface area contributed by atoms with E-state index < -0.39 is 0 Å². The van der Waals surface area contributed by atoms with E-state index in [1.807, 2.05) is 25.1 Å². The molecule has 138 valence electrons. The predicted molar refractivity (Wildman–Crippen MR) is 101 cm³/mol. The third kappa shape index (κ3) is 4.32. The number of carbonyl (C=O) groups excluding carboxylic acids is 1. The van der Waals surface area contributed by atoms with Crippen LogP contribution in [0.5, 0.6) is 5.75 Å². The number of benzene rings is 2. The number of ether oxygens (including phenoxy) is 1. The highest BCUT2D eigenvalue weighted by atomic mass is 19.1. The van der Waals surface area contributed by atoms with Gasteiger partial charge in [-0.2, -0.15) is 0 Å². The lowest BCUT2D eigenvalue weighted by atomic mass is 10.2. The number of hydrogen-bond donors (Lipinski definition) is 1. The van der Waals surface area contributed by atoms with Crippen molar-refractivity contribution in [3.05, 3.63) is 54.3 Å². The lowest BCUT2D eigenvalue weighted by Gasteiger charge is -2.38. The minimum Gasteiger partial charge on any atom is -0.497 e. The summed E-state index contributed by atoms with van der Waals surface area (Å²) >= 11 is 0. The number of amides is 1. The molecule has 3 rings (SSSR count). The number of rotatable bonds is 5. The summed E-state index contributed by atoms with van der Waals surface area (Å²) in [6, 6.07) is 13.6. The highest BCUT2D eigenvalue weighted by Gasteiger charge is 2.25. The molecule has 1 saturated heterocycles. The van der Waals surface area contributed by atoms with Crippen molar-refractivity contribution in [3.63, 3.8) is 0 Å². The Morgan fingerprint density at radius 3 is 2.46 bits per heavy atom. The number of halogens is 1. The van der Waals surface area contributed by atoms with Crippen LogP contribution in [0.15, 0.2) is 48.5 Å². The first kappa shape index (κ1) is 18.2. The van der Waals surface area contributed by atoms with E-state index in [9.17, 15) is 9.18 Å². The van der Waals surface area contributed by atoms with Crippen LogP contribution in [0, 0.1) is 5.82 Å². The minimum absolute atomic E-state index is 0.0774. The van der Waals surface area contributed by atoms with Gasteiger partial charge >= 0.3 is 0 Å². The summed E-state index contributed by atoms with van der Waals surface area (Å²) in [6.07, 6.45) is 0. The first-order chi connectivity index (χ1) is 12.6. The van der Waals surface area contributed by atoms with Crippen LogP contribution in [0.4, 0.5) is 15.8 Å². The summed E-state index contributed by atoms with van der Waals surface area (Å²) in [6.45, 7) is 5.20. The van der Waals surface area contributed by atoms with Crippen molar-refractivity contribution in [1.29, 1.82) is 0 Å². The second-order valence-corrected chi connectivity index (χ2v) is 6.40. The van der Waals surface area contributed by atoms with Gasteiger partial charge in [0.25, 0.3) is 0 Å². The Bertz CT molecular complexity index is 743. The Morgan fingerprint density at radius 2 is 1.81 bits per heavy atom. The van der Waals surface area contributed by atoms with Crippen molar-refractivity contribution in [2.75, 3.05) is 43.5 Å². The average Bonchev–Trinajstić information content (AvgIpc) is 2.69. The van der Waals surface area contributed by atoms with Crippen molar-refractivity contribution in [1.82, 2.24) is 4.90 Å². The zero-order chi connectivity index (χ0) is 18.5. The third-order valence-corrected chi connectivity index (χ3v) is 4.77. The second kappa shape index (κ2) is 8.19. The SMILES string of the molecule is COc1cccc(N2CCN([C@H](C)C(=O)Nc3ccc(F)cc3)CC2)c1. The van der Waals surface area contributed by atoms with E-state index in [-0.39, 0.29) is 17.8 Å². The van der Waals surface area contributed by atoms with Gasteiger partial charge in [-0.05, 0) is 43.3 Å². The van der Waals surface area contributed by atoms with Gasteiger partial charge in [0, 0.05) is 43.6 Å². The summed E-state index contributed by atoms with van der Waals surface area (Å²) in [5, 5.41) is 2.85. The number of nitrogens with one attached hydrogen (secondary N) is 1. The third-order valence-electron chi connectivity index (χ3n) is 4.77. The van der Waals surface area contributed by atoms with Gasteiger partial charge in [-0.25, -0.2) is 4.39 Å². The Hall–Kier alpha value is -2.60. The molecular formula is C20H24FN3O2. The van der Waals surface area contributed by atoms with E-state index in [1.54, 1.807) is 19.2 Å².